The van der Waals surface area contributed by atoms with Crippen molar-refractivity contribution in [2.75, 3.05) is 39.2 Å². The lowest BCUT2D eigenvalue weighted by molar-refractivity contribution is 0.219. The van der Waals surface area contributed by atoms with Gasteiger partial charge in [0.05, 0.1) is 11.7 Å². The van der Waals surface area contributed by atoms with Gasteiger partial charge in [-0.1, -0.05) is 0 Å². The van der Waals surface area contributed by atoms with Crippen LogP contribution in [0.2, 0.25) is 0 Å². The van der Waals surface area contributed by atoms with E-state index in [-0.39, 0.29) is 6.04 Å². The van der Waals surface area contributed by atoms with E-state index in [2.05, 4.69) is 34.3 Å². The summed E-state index contributed by atoms with van der Waals surface area (Å²) >= 11 is 1.87. The molecule has 0 aliphatic carbocycles. The van der Waals surface area contributed by atoms with Gasteiger partial charge in [0.1, 0.15) is 11.6 Å². The summed E-state index contributed by atoms with van der Waals surface area (Å²) in [6.07, 6.45) is 1.19. The van der Waals surface area contributed by atoms with Crippen molar-refractivity contribution in [3.8, 4) is 0 Å². The third kappa shape index (κ3) is 2.63. The minimum absolute atomic E-state index is 0.241. The molecule has 0 amide bonds. The van der Waals surface area contributed by atoms with Gasteiger partial charge < -0.3 is 10.3 Å². The Hall–Kier alpha value is -0.890. The van der Waals surface area contributed by atoms with Crippen molar-refractivity contribution in [3.05, 3.63) is 17.1 Å². The van der Waals surface area contributed by atoms with Gasteiger partial charge in [-0.15, -0.1) is 0 Å². The minimum Gasteiger partial charge on any atom is -0.308 e. The number of fused-ring (bicyclic) bond motifs is 1. The summed E-state index contributed by atoms with van der Waals surface area (Å²) < 4.78 is 0. The molecule has 20 heavy (non-hydrogen) atoms. The van der Waals surface area contributed by atoms with E-state index in [1.54, 1.807) is 0 Å². The maximum Gasteiger partial charge on any atom is 0.149 e. The number of nitrogens with zero attached hydrogens (tertiary/aromatic N) is 4. The van der Waals surface area contributed by atoms with Crippen LogP contribution in [0.1, 0.15) is 29.5 Å². The van der Waals surface area contributed by atoms with Crippen LogP contribution >= 0.6 is 11.8 Å². The smallest absolute Gasteiger partial charge is 0.149 e. The van der Waals surface area contributed by atoms with E-state index in [4.69, 9.17) is 10.8 Å². The Morgan fingerprint density at radius 1 is 1.25 bits per heavy atom. The van der Waals surface area contributed by atoms with E-state index in [1.807, 2.05) is 11.8 Å². The molecule has 2 aliphatic heterocycles. The Morgan fingerprint density at radius 3 is 2.90 bits per heavy atom. The molecular weight excluding hydrogens is 272 g/mol. The zero-order valence-electron chi connectivity index (χ0n) is 12.1. The van der Waals surface area contributed by atoms with Gasteiger partial charge in [-0.05, 0) is 33.6 Å². The average molecular weight is 294 g/mol. The zero-order valence-corrected chi connectivity index (χ0v) is 12.9. The molecule has 1 aromatic rings. The van der Waals surface area contributed by atoms with Gasteiger partial charge in [-0.25, -0.2) is 15.8 Å². The summed E-state index contributed by atoms with van der Waals surface area (Å²) in [5.74, 6) is 9.26. The van der Waals surface area contributed by atoms with Crippen molar-refractivity contribution < 1.29 is 0 Å². The van der Waals surface area contributed by atoms with E-state index in [1.165, 1.54) is 12.0 Å². The van der Waals surface area contributed by atoms with Crippen molar-refractivity contribution in [1.29, 1.82) is 0 Å². The van der Waals surface area contributed by atoms with E-state index >= 15 is 0 Å². The predicted octanol–water partition coefficient (Wildman–Crippen LogP) is 0.817. The van der Waals surface area contributed by atoms with Gasteiger partial charge in [0.15, 0.2) is 0 Å². The van der Waals surface area contributed by atoms with E-state index < -0.39 is 0 Å². The number of thioether (sulfide) groups is 1. The lowest BCUT2D eigenvalue weighted by atomic mass is 10.2. The molecule has 110 valence electrons. The highest BCUT2D eigenvalue weighted by Crippen LogP contribution is 2.34. The van der Waals surface area contributed by atoms with Gasteiger partial charge in [0.2, 0.25) is 0 Å². The van der Waals surface area contributed by atoms with Crippen LogP contribution in [-0.4, -0.2) is 53.5 Å². The molecule has 1 fully saturated rings. The molecule has 3 heterocycles. The lowest BCUT2D eigenvalue weighted by Crippen LogP contribution is -2.32. The number of hydrazine groups is 1. The summed E-state index contributed by atoms with van der Waals surface area (Å²) in [6, 6.07) is 0.241. The highest BCUT2D eigenvalue weighted by molar-refractivity contribution is 7.98. The fraction of sp³-hybridized carbons (Fsp3) is 0.692. The summed E-state index contributed by atoms with van der Waals surface area (Å²) in [6.45, 7) is 3.17. The predicted molar refractivity (Wildman–Crippen MR) is 82.3 cm³/mol. The fourth-order valence-corrected chi connectivity index (χ4v) is 3.93. The average Bonchev–Trinajstić information content (AvgIpc) is 2.85. The Bertz CT molecular complexity index is 494. The van der Waals surface area contributed by atoms with Crippen molar-refractivity contribution in [2.24, 2.45) is 5.84 Å². The number of nitrogens with one attached hydrogen (secondary N) is 1. The molecule has 0 saturated carbocycles. The second-order valence-electron chi connectivity index (χ2n) is 5.60. The normalized spacial score (nSPS) is 24.4. The molecule has 1 saturated heterocycles. The monoisotopic (exact) mass is 294 g/mol. The standard InChI is InChI=1S/C13H22N6S/c1-18-4-3-5-19(2)11(6-18)13-15-10-8-20-7-9(10)12(16-13)17-14/h11H,3-8,14H2,1-2H3,(H,15,16,17). The maximum atomic E-state index is 5.64. The fourth-order valence-electron chi connectivity index (χ4n) is 2.89. The highest BCUT2D eigenvalue weighted by Gasteiger charge is 2.27. The van der Waals surface area contributed by atoms with Gasteiger partial charge in [0, 0.05) is 23.6 Å². The molecule has 7 heteroatoms. The van der Waals surface area contributed by atoms with Crippen LogP contribution in [0.3, 0.4) is 0 Å². The SMILES string of the molecule is CN1CCCN(C)C(c2nc3c(c(NN)n2)CSC3)C1. The Kier molecular flexibility index (Phi) is 4.11. The maximum absolute atomic E-state index is 5.64. The van der Waals surface area contributed by atoms with E-state index in [9.17, 15) is 0 Å². The van der Waals surface area contributed by atoms with Crippen molar-refractivity contribution >= 4 is 17.6 Å². The minimum atomic E-state index is 0.241. The van der Waals surface area contributed by atoms with Crippen LogP contribution in [0.4, 0.5) is 5.82 Å². The van der Waals surface area contributed by atoms with Gasteiger partial charge in [0.25, 0.3) is 0 Å². The summed E-state index contributed by atoms with van der Waals surface area (Å²) in [5, 5.41) is 0. The molecule has 1 atom stereocenters. The Labute approximate surface area is 124 Å². The number of anilines is 1. The molecule has 0 radical (unpaired) electrons. The number of rotatable bonds is 2. The van der Waals surface area contributed by atoms with Crippen LogP contribution in [0.5, 0.6) is 0 Å². The van der Waals surface area contributed by atoms with Gasteiger partial charge in [-0.3, -0.25) is 4.90 Å². The number of aromatic nitrogens is 2. The van der Waals surface area contributed by atoms with Gasteiger partial charge in [-0.2, -0.15) is 11.8 Å². The van der Waals surface area contributed by atoms with Crippen LogP contribution < -0.4 is 11.3 Å². The topological polar surface area (TPSA) is 70.3 Å². The molecule has 3 N–H and O–H groups in total. The van der Waals surface area contributed by atoms with Gasteiger partial charge >= 0.3 is 0 Å². The molecular formula is C13H22N6S. The molecule has 1 unspecified atom stereocenters. The second-order valence-corrected chi connectivity index (χ2v) is 6.59. The molecule has 0 bridgehead atoms. The van der Waals surface area contributed by atoms with Crippen LogP contribution in [-0.2, 0) is 11.5 Å². The molecule has 0 aromatic carbocycles. The van der Waals surface area contributed by atoms with Crippen LogP contribution in [0.25, 0.3) is 0 Å². The van der Waals surface area contributed by atoms with Crippen molar-refractivity contribution in [3.63, 3.8) is 0 Å². The van der Waals surface area contributed by atoms with Crippen LogP contribution in [0.15, 0.2) is 0 Å². The van der Waals surface area contributed by atoms with Crippen LogP contribution in [0, 0.1) is 0 Å². The highest BCUT2D eigenvalue weighted by atomic mass is 32.2. The Morgan fingerprint density at radius 2 is 2.10 bits per heavy atom. The quantitative estimate of drug-likeness (QED) is 0.618. The zero-order chi connectivity index (χ0) is 14.1. The van der Waals surface area contributed by atoms with Crippen molar-refractivity contribution in [1.82, 2.24) is 19.8 Å². The van der Waals surface area contributed by atoms with Crippen molar-refractivity contribution in [2.45, 2.75) is 24.0 Å². The van der Waals surface area contributed by atoms with E-state index in [0.29, 0.717) is 0 Å². The molecule has 3 rings (SSSR count). The summed E-state index contributed by atoms with van der Waals surface area (Å²) in [7, 11) is 4.32. The first-order valence-electron chi connectivity index (χ1n) is 7.02. The molecule has 6 nitrogen and oxygen atoms in total. The molecule has 1 aromatic heterocycles. The Balaban J connectivity index is 1.96. The molecule has 2 aliphatic rings. The lowest BCUT2D eigenvalue weighted by Gasteiger charge is -2.26. The van der Waals surface area contributed by atoms with E-state index in [0.717, 1.165) is 48.5 Å². The number of hydrogen-bond donors (Lipinski definition) is 2. The summed E-state index contributed by atoms with van der Waals surface area (Å²) in [4.78, 5) is 14.2. The summed E-state index contributed by atoms with van der Waals surface area (Å²) in [5.41, 5.74) is 5.07. The third-order valence-electron chi connectivity index (χ3n) is 4.10. The second kappa shape index (κ2) is 5.85. The number of nitrogens with two attached hydrogens (primary N) is 1. The number of hydrogen-bond acceptors (Lipinski definition) is 7. The first-order chi connectivity index (χ1) is 9.69. The number of likely N-dealkylation sites (N-methyl/N-ethyl adjacent to an activating group) is 2. The first kappa shape index (κ1) is 14.1. The first-order valence-corrected chi connectivity index (χ1v) is 8.17. The molecule has 0 spiro atoms. The largest absolute Gasteiger partial charge is 0.308 e. The third-order valence-corrected chi connectivity index (χ3v) is 5.07. The number of nitrogen functional groups attached to an aromatic ring is 1.